The van der Waals surface area contributed by atoms with Crippen LogP contribution in [0.25, 0.3) is 11.6 Å². The molecule has 1 aliphatic rings. The Morgan fingerprint density at radius 2 is 2.28 bits per heavy atom. The molecule has 2 heterocycles. The van der Waals surface area contributed by atoms with Crippen LogP contribution < -0.4 is 5.32 Å². The van der Waals surface area contributed by atoms with Gasteiger partial charge in [0.1, 0.15) is 0 Å². The molecule has 0 aliphatic heterocycles. The zero-order valence-electron chi connectivity index (χ0n) is 10.4. The zero-order valence-corrected chi connectivity index (χ0v) is 10.4. The molecule has 0 amide bonds. The van der Waals surface area contributed by atoms with E-state index in [1.54, 1.807) is 12.4 Å². The highest BCUT2D eigenvalue weighted by Gasteiger charge is 2.30. The summed E-state index contributed by atoms with van der Waals surface area (Å²) in [6, 6.07) is 0.434. The lowest BCUT2D eigenvalue weighted by Gasteiger charge is -2.28. The van der Waals surface area contributed by atoms with Crippen molar-refractivity contribution in [2.75, 3.05) is 7.05 Å². The molecule has 2 aromatic rings. The maximum Gasteiger partial charge on any atom is 0.238 e. The van der Waals surface area contributed by atoms with Gasteiger partial charge in [0.25, 0.3) is 0 Å². The van der Waals surface area contributed by atoms with Crippen LogP contribution in [-0.2, 0) is 0 Å². The van der Waals surface area contributed by atoms with Crippen molar-refractivity contribution in [1.29, 1.82) is 0 Å². The highest BCUT2D eigenvalue weighted by Crippen LogP contribution is 2.32. The number of aromatic amines is 1. The van der Waals surface area contributed by atoms with Crippen LogP contribution in [0.3, 0.4) is 0 Å². The highest BCUT2D eigenvalue weighted by atomic mass is 16.5. The lowest BCUT2D eigenvalue weighted by Crippen LogP contribution is -2.34. The third-order valence-corrected chi connectivity index (χ3v) is 3.61. The summed E-state index contributed by atoms with van der Waals surface area (Å²) in [5.74, 6) is 2.23. The number of H-pyrrole nitrogens is 1. The molecule has 2 unspecified atom stereocenters. The molecule has 2 N–H and O–H groups in total. The van der Waals surface area contributed by atoms with Crippen LogP contribution in [0.15, 0.2) is 16.9 Å². The largest absolute Gasteiger partial charge is 0.342 e. The second kappa shape index (κ2) is 4.89. The second-order valence-electron chi connectivity index (χ2n) is 4.68. The Balaban J connectivity index is 1.84. The third kappa shape index (κ3) is 2.03. The first-order valence-corrected chi connectivity index (χ1v) is 6.39. The summed E-state index contributed by atoms with van der Waals surface area (Å²) in [5, 5.41) is 7.34. The quantitative estimate of drug-likeness (QED) is 0.863. The summed E-state index contributed by atoms with van der Waals surface area (Å²) in [7, 11) is 1.99. The van der Waals surface area contributed by atoms with Crippen molar-refractivity contribution in [2.45, 2.75) is 37.6 Å². The fraction of sp³-hybridized carbons (Fsp3) is 0.583. The van der Waals surface area contributed by atoms with Crippen LogP contribution in [0.2, 0.25) is 0 Å². The van der Waals surface area contributed by atoms with Gasteiger partial charge in [-0.25, -0.2) is 4.98 Å². The number of hydrogen-bond acceptors (Lipinski definition) is 5. The van der Waals surface area contributed by atoms with Crippen LogP contribution in [0.4, 0.5) is 0 Å². The van der Waals surface area contributed by atoms with E-state index in [-0.39, 0.29) is 0 Å². The molecule has 1 aliphatic carbocycles. The van der Waals surface area contributed by atoms with E-state index in [1.165, 1.54) is 19.3 Å². The number of imidazole rings is 1. The Bertz CT molecular complexity index is 492. The lowest BCUT2D eigenvalue weighted by atomic mass is 9.84. The van der Waals surface area contributed by atoms with Gasteiger partial charge in [-0.05, 0) is 19.9 Å². The number of rotatable bonds is 3. The Morgan fingerprint density at radius 3 is 3.06 bits per heavy atom. The van der Waals surface area contributed by atoms with Crippen molar-refractivity contribution >= 4 is 0 Å². The van der Waals surface area contributed by atoms with Crippen LogP contribution in [0.1, 0.15) is 37.5 Å². The minimum Gasteiger partial charge on any atom is -0.342 e. The summed E-state index contributed by atoms with van der Waals surface area (Å²) in [6.07, 6.45) is 8.19. The summed E-state index contributed by atoms with van der Waals surface area (Å²) in [6.45, 7) is 0. The van der Waals surface area contributed by atoms with Crippen molar-refractivity contribution in [3.8, 4) is 11.6 Å². The molecule has 18 heavy (non-hydrogen) atoms. The predicted octanol–water partition coefficient (Wildman–Crippen LogP) is 1.71. The molecule has 0 bridgehead atoms. The van der Waals surface area contributed by atoms with E-state index in [9.17, 15) is 0 Å². The first-order chi connectivity index (χ1) is 8.88. The maximum atomic E-state index is 5.40. The zero-order chi connectivity index (χ0) is 12.4. The summed E-state index contributed by atoms with van der Waals surface area (Å²) in [5.41, 5.74) is 0. The van der Waals surface area contributed by atoms with E-state index in [2.05, 4.69) is 25.4 Å². The topological polar surface area (TPSA) is 79.6 Å². The lowest BCUT2D eigenvalue weighted by molar-refractivity contribution is 0.270. The average Bonchev–Trinajstić information content (AvgIpc) is 3.09. The van der Waals surface area contributed by atoms with Gasteiger partial charge in [0.05, 0.1) is 5.92 Å². The van der Waals surface area contributed by atoms with Crippen molar-refractivity contribution in [3.63, 3.8) is 0 Å². The van der Waals surface area contributed by atoms with Crippen molar-refractivity contribution in [2.24, 2.45) is 0 Å². The van der Waals surface area contributed by atoms with Gasteiger partial charge in [0.15, 0.2) is 5.82 Å². The maximum absolute atomic E-state index is 5.40. The van der Waals surface area contributed by atoms with E-state index in [4.69, 9.17) is 4.52 Å². The first kappa shape index (κ1) is 11.4. The highest BCUT2D eigenvalue weighted by molar-refractivity contribution is 5.40. The number of nitrogens with one attached hydrogen (secondary N) is 2. The van der Waals surface area contributed by atoms with Gasteiger partial charge in [-0.1, -0.05) is 18.0 Å². The summed E-state index contributed by atoms with van der Waals surface area (Å²) < 4.78 is 5.40. The normalized spacial score (nSPS) is 24.3. The van der Waals surface area contributed by atoms with Gasteiger partial charge in [-0.3, -0.25) is 0 Å². The first-order valence-electron chi connectivity index (χ1n) is 6.39. The molecule has 0 aromatic carbocycles. The molecule has 1 saturated carbocycles. The fourth-order valence-electron chi connectivity index (χ4n) is 2.64. The molecule has 3 rings (SSSR count). The standard InChI is InChI=1S/C12H17N5O/c1-13-9-5-3-2-4-8(9)12-16-11(17-18-12)10-14-6-7-15-10/h6-9,13H,2-5H2,1H3,(H,14,15). The average molecular weight is 247 g/mol. The molecule has 0 radical (unpaired) electrons. The van der Waals surface area contributed by atoms with Crippen molar-refractivity contribution < 1.29 is 4.52 Å². The minimum absolute atomic E-state index is 0.319. The van der Waals surface area contributed by atoms with Gasteiger partial charge in [-0.2, -0.15) is 4.98 Å². The van der Waals surface area contributed by atoms with Gasteiger partial charge >= 0.3 is 0 Å². The molecule has 2 atom stereocenters. The molecule has 0 saturated heterocycles. The smallest absolute Gasteiger partial charge is 0.238 e. The monoisotopic (exact) mass is 247 g/mol. The molecular weight excluding hydrogens is 230 g/mol. The van der Waals surface area contributed by atoms with Crippen molar-refractivity contribution in [1.82, 2.24) is 25.4 Å². The van der Waals surface area contributed by atoms with E-state index < -0.39 is 0 Å². The molecule has 2 aromatic heterocycles. The Kier molecular flexibility index (Phi) is 3.10. The van der Waals surface area contributed by atoms with E-state index in [1.807, 2.05) is 7.05 Å². The summed E-state index contributed by atoms with van der Waals surface area (Å²) in [4.78, 5) is 11.6. The molecule has 6 heteroatoms. The van der Waals surface area contributed by atoms with E-state index >= 15 is 0 Å². The number of nitrogens with zero attached hydrogens (tertiary/aromatic N) is 3. The molecule has 6 nitrogen and oxygen atoms in total. The second-order valence-corrected chi connectivity index (χ2v) is 4.68. The molecule has 96 valence electrons. The minimum atomic E-state index is 0.319. The number of likely N-dealkylation sites (N-methyl/N-ethyl adjacent to an activating group) is 1. The predicted molar refractivity (Wildman–Crippen MR) is 65.9 cm³/mol. The third-order valence-electron chi connectivity index (χ3n) is 3.61. The van der Waals surface area contributed by atoms with Gasteiger partial charge < -0.3 is 14.8 Å². The summed E-state index contributed by atoms with van der Waals surface area (Å²) >= 11 is 0. The molecule has 1 fully saturated rings. The van der Waals surface area contributed by atoms with Crippen LogP contribution in [0, 0.1) is 0 Å². The molecular formula is C12H17N5O. The van der Waals surface area contributed by atoms with E-state index in [0.29, 0.717) is 23.6 Å². The Morgan fingerprint density at radius 1 is 1.39 bits per heavy atom. The fourth-order valence-corrected chi connectivity index (χ4v) is 2.64. The van der Waals surface area contributed by atoms with E-state index in [0.717, 1.165) is 12.3 Å². The number of hydrogen-bond donors (Lipinski definition) is 2. The Labute approximate surface area is 105 Å². The van der Waals surface area contributed by atoms with Crippen LogP contribution >= 0.6 is 0 Å². The van der Waals surface area contributed by atoms with Crippen LogP contribution in [-0.4, -0.2) is 33.2 Å². The molecule has 0 spiro atoms. The number of aromatic nitrogens is 4. The Hall–Kier alpha value is -1.69. The van der Waals surface area contributed by atoms with Crippen molar-refractivity contribution in [3.05, 3.63) is 18.3 Å². The SMILES string of the molecule is CNC1CCCCC1c1nc(-c2ncc[nH]2)no1. The van der Waals surface area contributed by atoms with Gasteiger partial charge in [-0.15, -0.1) is 0 Å². The van der Waals surface area contributed by atoms with Gasteiger partial charge in [0.2, 0.25) is 11.7 Å². The van der Waals surface area contributed by atoms with Gasteiger partial charge in [0, 0.05) is 18.4 Å². The van der Waals surface area contributed by atoms with Crippen LogP contribution in [0.5, 0.6) is 0 Å².